The SMILES string of the molecule is CCOC(=O)C1CC(=O)N2Cc3cc4ccccc4nc3C2=C1[Si](C)(C)C. The second-order valence-corrected chi connectivity index (χ2v) is 13.2. The summed E-state index contributed by atoms with van der Waals surface area (Å²) in [5, 5.41) is 2.16. The van der Waals surface area contributed by atoms with E-state index in [1.165, 1.54) is 0 Å². The number of pyridine rings is 1. The lowest BCUT2D eigenvalue weighted by molar-refractivity contribution is -0.149. The number of esters is 1. The molecular weight excluding hydrogens is 356 g/mol. The maximum absolute atomic E-state index is 12.9. The van der Waals surface area contributed by atoms with Gasteiger partial charge in [0, 0.05) is 17.4 Å². The Morgan fingerprint density at radius 3 is 2.74 bits per heavy atom. The van der Waals surface area contributed by atoms with Crippen LogP contribution in [0.15, 0.2) is 35.5 Å². The first-order valence-corrected chi connectivity index (χ1v) is 12.9. The molecule has 0 radical (unpaired) electrons. The molecule has 27 heavy (non-hydrogen) atoms. The van der Waals surface area contributed by atoms with E-state index in [1.807, 2.05) is 29.2 Å². The number of benzene rings is 1. The van der Waals surface area contributed by atoms with Crippen LogP contribution in [0, 0.1) is 5.92 Å². The minimum atomic E-state index is -1.92. The number of aromatic nitrogens is 1. The summed E-state index contributed by atoms with van der Waals surface area (Å²) >= 11 is 0. The molecule has 1 aromatic heterocycles. The van der Waals surface area contributed by atoms with Gasteiger partial charge in [0.25, 0.3) is 0 Å². The fourth-order valence-electron chi connectivity index (χ4n) is 4.22. The molecule has 6 heteroatoms. The summed E-state index contributed by atoms with van der Waals surface area (Å²) in [6.45, 7) is 9.30. The van der Waals surface area contributed by atoms with E-state index in [1.54, 1.807) is 6.92 Å². The van der Waals surface area contributed by atoms with Gasteiger partial charge in [-0.15, -0.1) is 0 Å². The van der Waals surface area contributed by atoms with Gasteiger partial charge in [0.1, 0.15) is 0 Å². The zero-order chi connectivity index (χ0) is 19.3. The lowest BCUT2D eigenvalue weighted by atomic mass is 9.97. The van der Waals surface area contributed by atoms with Crippen molar-refractivity contribution < 1.29 is 14.3 Å². The highest BCUT2D eigenvalue weighted by atomic mass is 28.3. The van der Waals surface area contributed by atoms with Crippen molar-refractivity contribution in [3.05, 3.63) is 46.8 Å². The van der Waals surface area contributed by atoms with Gasteiger partial charge in [-0.3, -0.25) is 9.59 Å². The number of carbonyl (C=O) groups excluding carboxylic acids is 2. The van der Waals surface area contributed by atoms with Crippen molar-refractivity contribution in [3.63, 3.8) is 0 Å². The molecule has 0 saturated carbocycles. The molecule has 1 atom stereocenters. The summed E-state index contributed by atoms with van der Waals surface area (Å²) in [6, 6.07) is 10.1. The molecule has 0 aliphatic carbocycles. The van der Waals surface area contributed by atoms with Crippen LogP contribution in [0.25, 0.3) is 16.6 Å². The van der Waals surface area contributed by atoms with E-state index in [0.717, 1.165) is 33.1 Å². The van der Waals surface area contributed by atoms with Crippen molar-refractivity contribution in [1.29, 1.82) is 0 Å². The van der Waals surface area contributed by atoms with Crippen molar-refractivity contribution in [2.45, 2.75) is 39.5 Å². The Kier molecular flexibility index (Phi) is 4.18. The highest BCUT2D eigenvalue weighted by Gasteiger charge is 2.46. The first kappa shape index (κ1) is 17.9. The molecule has 3 heterocycles. The van der Waals surface area contributed by atoms with Crippen molar-refractivity contribution in [2.75, 3.05) is 6.61 Å². The molecule has 0 N–H and O–H groups in total. The average molecular weight is 381 g/mol. The summed E-state index contributed by atoms with van der Waals surface area (Å²) in [6.07, 6.45) is 0.190. The smallest absolute Gasteiger partial charge is 0.313 e. The molecule has 4 rings (SSSR count). The number of nitrogens with zero attached hydrogens (tertiary/aromatic N) is 2. The van der Waals surface area contributed by atoms with Crippen LogP contribution in [-0.4, -0.2) is 36.4 Å². The predicted molar refractivity (Wildman–Crippen MR) is 107 cm³/mol. The van der Waals surface area contributed by atoms with Gasteiger partial charge in [-0.25, -0.2) is 4.98 Å². The number of hydrogen-bond acceptors (Lipinski definition) is 4. The van der Waals surface area contributed by atoms with Gasteiger partial charge in [-0.1, -0.05) is 37.8 Å². The zero-order valence-electron chi connectivity index (χ0n) is 16.2. The van der Waals surface area contributed by atoms with Crippen LogP contribution >= 0.6 is 0 Å². The zero-order valence-corrected chi connectivity index (χ0v) is 17.2. The molecule has 140 valence electrons. The number of ether oxygens (including phenoxy) is 1. The Morgan fingerprint density at radius 1 is 1.30 bits per heavy atom. The van der Waals surface area contributed by atoms with E-state index in [4.69, 9.17) is 9.72 Å². The molecule has 5 nitrogen and oxygen atoms in total. The topological polar surface area (TPSA) is 59.5 Å². The Morgan fingerprint density at radius 2 is 2.04 bits per heavy atom. The van der Waals surface area contributed by atoms with Crippen LogP contribution in [0.4, 0.5) is 0 Å². The quantitative estimate of drug-likeness (QED) is 0.601. The van der Waals surface area contributed by atoms with E-state index in [9.17, 15) is 9.59 Å². The van der Waals surface area contributed by atoms with Crippen LogP contribution in [0.5, 0.6) is 0 Å². The lowest BCUT2D eigenvalue weighted by Crippen LogP contribution is -2.44. The average Bonchev–Trinajstić information content (AvgIpc) is 2.97. The van der Waals surface area contributed by atoms with Gasteiger partial charge in [0.15, 0.2) is 0 Å². The highest BCUT2D eigenvalue weighted by molar-refractivity contribution is 6.84. The van der Waals surface area contributed by atoms with Crippen LogP contribution in [0.3, 0.4) is 0 Å². The summed E-state index contributed by atoms with van der Waals surface area (Å²) in [5.41, 5.74) is 3.68. The predicted octanol–water partition coefficient (Wildman–Crippen LogP) is 3.75. The highest BCUT2D eigenvalue weighted by Crippen LogP contribution is 2.45. The number of hydrogen-bond donors (Lipinski definition) is 0. The van der Waals surface area contributed by atoms with Gasteiger partial charge in [0.05, 0.1) is 44.1 Å². The van der Waals surface area contributed by atoms with E-state index in [2.05, 4.69) is 25.7 Å². The van der Waals surface area contributed by atoms with Crippen molar-refractivity contribution in [3.8, 4) is 0 Å². The van der Waals surface area contributed by atoms with Gasteiger partial charge in [0.2, 0.25) is 5.91 Å². The number of fused-ring (bicyclic) bond motifs is 4. The fourth-order valence-corrected chi connectivity index (χ4v) is 6.45. The molecule has 0 spiro atoms. The van der Waals surface area contributed by atoms with Crippen LogP contribution in [0.1, 0.15) is 24.6 Å². The number of carbonyl (C=O) groups is 2. The molecular formula is C21H24N2O3Si. The van der Waals surface area contributed by atoms with Gasteiger partial charge < -0.3 is 9.64 Å². The molecule has 0 saturated heterocycles. The third-order valence-corrected chi connectivity index (χ3v) is 7.49. The Bertz CT molecular complexity index is 991. The van der Waals surface area contributed by atoms with Crippen molar-refractivity contribution in [2.24, 2.45) is 5.92 Å². The maximum atomic E-state index is 12.9. The first-order valence-electron chi connectivity index (χ1n) is 9.42. The third kappa shape index (κ3) is 2.88. The summed E-state index contributed by atoms with van der Waals surface area (Å²) in [5.74, 6) is -0.800. The molecule has 0 fully saturated rings. The molecule has 1 amide bonds. The van der Waals surface area contributed by atoms with Crippen LogP contribution in [0.2, 0.25) is 19.6 Å². The second kappa shape index (κ2) is 6.30. The Hall–Kier alpha value is -2.47. The minimum absolute atomic E-state index is 0.0212. The largest absolute Gasteiger partial charge is 0.466 e. The standard InChI is InChI=1S/C21H24N2O3Si/c1-5-26-21(25)15-11-17(24)23-12-14-10-13-8-6-7-9-16(13)22-18(14)19(23)20(15)27(2,3)4/h6-10,15H,5,11-12H2,1-4H3. The second-order valence-electron chi connectivity index (χ2n) is 8.19. The summed E-state index contributed by atoms with van der Waals surface area (Å²) in [7, 11) is -1.92. The Labute approximate surface area is 160 Å². The molecule has 2 aromatic rings. The Balaban J connectivity index is 1.98. The van der Waals surface area contributed by atoms with E-state index in [-0.39, 0.29) is 18.3 Å². The first-order chi connectivity index (χ1) is 12.8. The van der Waals surface area contributed by atoms with Crippen molar-refractivity contribution >= 4 is 36.6 Å². The normalized spacial score (nSPS) is 19.3. The number of rotatable bonds is 3. The van der Waals surface area contributed by atoms with Crippen LogP contribution in [-0.2, 0) is 20.9 Å². The van der Waals surface area contributed by atoms with E-state index >= 15 is 0 Å². The number of para-hydroxylation sites is 1. The fraction of sp³-hybridized carbons (Fsp3) is 0.381. The summed E-state index contributed by atoms with van der Waals surface area (Å²) < 4.78 is 5.32. The van der Waals surface area contributed by atoms with E-state index < -0.39 is 14.0 Å². The van der Waals surface area contributed by atoms with Gasteiger partial charge in [-0.05, 0) is 24.3 Å². The molecule has 0 bridgehead atoms. The molecule has 1 unspecified atom stereocenters. The van der Waals surface area contributed by atoms with Gasteiger partial charge in [-0.2, -0.15) is 0 Å². The van der Waals surface area contributed by atoms with Crippen LogP contribution < -0.4 is 0 Å². The van der Waals surface area contributed by atoms with Gasteiger partial charge >= 0.3 is 5.97 Å². The third-order valence-electron chi connectivity index (χ3n) is 5.29. The lowest BCUT2D eigenvalue weighted by Gasteiger charge is -2.36. The minimum Gasteiger partial charge on any atom is -0.466 e. The molecule has 2 aliphatic rings. The summed E-state index contributed by atoms with van der Waals surface area (Å²) in [4.78, 5) is 32.3. The molecule has 2 aliphatic heterocycles. The molecule has 1 aromatic carbocycles. The number of amides is 1. The van der Waals surface area contributed by atoms with E-state index in [0.29, 0.717) is 13.2 Å². The maximum Gasteiger partial charge on any atom is 0.313 e. The van der Waals surface area contributed by atoms with Crippen molar-refractivity contribution in [1.82, 2.24) is 9.88 Å². The monoisotopic (exact) mass is 380 g/mol.